The van der Waals surface area contributed by atoms with E-state index in [1.165, 1.54) is 0 Å². The maximum atomic E-state index is 16.5. The number of alkyl halides is 1. The molecule has 0 amide bonds. The lowest BCUT2D eigenvalue weighted by Crippen LogP contribution is -2.56. The molecule has 10 nitrogen and oxygen atoms in total. The molecule has 4 saturated heterocycles. The summed E-state index contributed by atoms with van der Waals surface area (Å²) in [6, 6.07) is 29.4. The maximum Gasteiger partial charge on any atom is 0.228 e. The molecular formula is C39H47FO10. The number of rotatable bonds is 14. The zero-order valence-electron chi connectivity index (χ0n) is 28.9. The minimum atomic E-state index is -1.90. The normalized spacial score (nSPS) is 33.2. The number of halogens is 1. The van der Waals surface area contributed by atoms with Crippen molar-refractivity contribution < 1.29 is 51.8 Å². The fraction of sp³-hybridized carbons (Fsp3) is 0.538. The van der Waals surface area contributed by atoms with Crippen LogP contribution in [0.5, 0.6) is 0 Å². The third kappa shape index (κ3) is 8.45. The third-order valence-electron chi connectivity index (χ3n) is 9.24. The summed E-state index contributed by atoms with van der Waals surface area (Å²) >= 11 is 0. The van der Waals surface area contributed by atoms with E-state index in [1.807, 2.05) is 119 Å². The fourth-order valence-corrected chi connectivity index (χ4v) is 7.00. The van der Waals surface area contributed by atoms with Crippen molar-refractivity contribution in [2.24, 2.45) is 0 Å². The Morgan fingerprint density at radius 3 is 1.72 bits per heavy atom. The Bertz CT molecular complexity index is 1490. The number of fused-ring (bicyclic) bond motifs is 3. The number of benzene rings is 3. The molecule has 11 heteroatoms. The second kappa shape index (κ2) is 15.4. The van der Waals surface area contributed by atoms with Crippen LogP contribution < -0.4 is 0 Å². The highest BCUT2D eigenvalue weighted by atomic mass is 19.1. The molecule has 4 heterocycles. The van der Waals surface area contributed by atoms with Crippen molar-refractivity contribution >= 4 is 0 Å². The van der Waals surface area contributed by atoms with Crippen molar-refractivity contribution in [3.8, 4) is 0 Å². The van der Waals surface area contributed by atoms with Crippen LogP contribution in [0.4, 0.5) is 4.39 Å². The second-order valence-electron chi connectivity index (χ2n) is 14.1. The highest BCUT2D eigenvalue weighted by molar-refractivity contribution is 5.15. The van der Waals surface area contributed by atoms with E-state index in [0.29, 0.717) is 6.61 Å². The summed E-state index contributed by atoms with van der Waals surface area (Å²) in [6.07, 6.45) is -8.09. The van der Waals surface area contributed by atoms with Crippen LogP contribution in [0.15, 0.2) is 91.0 Å². The Labute approximate surface area is 292 Å². The van der Waals surface area contributed by atoms with Crippen molar-refractivity contribution in [3.63, 3.8) is 0 Å². The summed E-state index contributed by atoms with van der Waals surface area (Å²) in [4.78, 5) is 0. The first-order valence-electron chi connectivity index (χ1n) is 17.3. The number of hydrogen-bond donors (Lipinski definition) is 0. The maximum absolute atomic E-state index is 16.5. The molecule has 0 N–H and O–H groups in total. The second-order valence-corrected chi connectivity index (χ2v) is 14.1. The van der Waals surface area contributed by atoms with E-state index in [2.05, 4.69) is 0 Å². The van der Waals surface area contributed by atoms with Gasteiger partial charge in [0.05, 0.1) is 33.0 Å². The smallest absolute Gasteiger partial charge is 0.228 e. The van der Waals surface area contributed by atoms with Gasteiger partial charge in [0, 0.05) is 0 Å². The fourth-order valence-electron chi connectivity index (χ4n) is 7.00. The highest BCUT2D eigenvalue weighted by Crippen LogP contribution is 2.44. The number of hydrogen-bond acceptors (Lipinski definition) is 10. The predicted octanol–water partition coefficient (Wildman–Crippen LogP) is 5.85. The summed E-state index contributed by atoms with van der Waals surface area (Å²) < 4.78 is 78.7. The average molecular weight is 695 g/mol. The molecule has 10 atom stereocenters. The Balaban J connectivity index is 1.08. The lowest BCUT2D eigenvalue weighted by Gasteiger charge is -2.37. The molecule has 0 bridgehead atoms. The van der Waals surface area contributed by atoms with Crippen LogP contribution >= 0.6 is 0 Å². The quantitative estimate of drug-likeness (QED) is 0.205. The summed E-state index contributed by atoms with van der Waals surface area (Å²) in [5.74, 6) is -1.76. The van der Waals surface area contributed by atoms with Crippen LogP contribution in [0, 0.1) is 0 Å². The predicted molar refractivity (Wildman–Crippen MR) is 178 cm³/mol. The molecule has 0 spiro atoms. The van der Waals surface area contributed by atoms with E-state index in [1.54, 1.807) is 0 Å². The van der Waals surface area contributed by atoms with Gasteiger partial charge >= 0.3 is 0 Å². The molecule has 4 fully saturated rings. The monoisotopic (exact) mass is 694 g/mol. The van der Waals surface area contributed by atoms with Crippen LogP contribution in [-0.4, -0.2) is 86.3 Å². The Morgan fingerprint density at radius 2 is 1.10 bits per heavy atom. The minimum Gasteiger partial charge on any atom is -0.374 e. The summed E-state index contributed by atoms with van der Waals surface area (Å²) in [6.45, 7) is 8.18. The largest absolute Gasteiger partial charge is 0.374 e. The van der Waals surface area contributed by atoms with Gasteiger partial charge in [0.25, 0.3) is 0 Å². The standard InChI is InChI=1S/C39H47FO10/c1-38(2)47-31-29(46-37-35(33(31)48-38)49-39(3,4)50-37)24-44-36(40)34-32(43-22-27-18-12-7-13-19-27)30(42-21-26-16-10-6-11-17-26)28(45-34)23-41-20-25-14-8-5-9-15-25/h5-19,28-37H,20-24H2,1-4H3/t28-,29-,30-,31+,32+,33+,34+,35-,36?,37-/m1/s1. The third-order valence-corrected chi connectivity index (χ3v) is 9.24. The molecule has 7 rings (SSSR count). The van der Waals surface area contributed by atoms with E-state index in [4.69, 9.17) is 47.4 Å². The molecule has 0 radical (unpaired) electrons. The van der Waals surface area contributed by atoms with Crippen molar-refractivity contribution in [1.29, 1.82) is 0 Å². The molecule has 3 aromatic rings. The van der Waals surface area contributed by atoms with Crippen molar-refractivity contribution in [2.75, 3.05) is 13.2 Å². The molecule has 0 saturated carbocycles. The zero-order valence-corrected chi connectivity index (χ0v) is 28.9. The first-order valence-corrected chi connectivity index (χ1v) is 17.3. The Morgan fingerprint density at radius 1 is 0.580 bits per heavy atom. The van der Waals surface area contributed by atoms with Crippen LogP contribution in [0.3, 0.4) is 0 Å². The van der Waals surface area contributed by atoms with Gasteiger partial charge < -0.3 is 47.4 Å². The molecule has 3 aromatic carbocycles. The van der Waals surface area contributed by atoms with Gasteiger partial charge in [-0.25, -0.2) is 4.39 Å². The Kier molecular flexibility index (Phi) is 11.0. The van der Waals surface area contributed by atoms with Crippen LogP contribution in [0.2, 0.25) is 0 Å². The van der Waals surface area contributed by atoms with Gasteiger partial charge in [-0.3, -0.25) is 0 Å². The molecule has 50 heavy (non-hydrogen) atoms. The van der Waals surface area contributed by atoms with E-state index < -0.39 is 73.1 Å². The highest BCUT2D eigenvalue weighted by Gasteiger charge is 2.61. The summed E-state index contributed by atoms with van der Waals surface area (Å²) in [5, 5.41) is 0. The molecule has 0 aliphatic carbocycles. The lowest BCUT2D eigenvalue weighted by molar-refractivity contribution is -0.256. The van der Waals surface area contributed by atoms with Crippen LogP contribution in [0.1, 0.15) is 44.4 Å². The first kappa shape index (κ1) is 35.6. The average Bonchev–Trinajstić information content (AvgIpc) is 3.74. The van der Waals surface area contributed by atoms with Gasteiger partial charge in [-0.2, -0.15) is 0 Å². The van der Waals surface area contributed by atoms with Gasteiger partial charge in [0.1, 0.15) is 48.8 Å². The number of ether oxygens (including phenoxy) is 10. The molecule has 4 aliphatic heterocycles. The summed E-state index contributed by atoms with van der Waals surface area (Å²) in [7, 11) is 0. The molecule has 1 unspecified atom stereocenters. The topological polar surface area (TPSA) is 92.3 Å². The van der Waals surface area contributed by atoms with Crippen LogP contribution in [0.25, 0.3) is 0 Å². The Hall–Kier alpha value is -2.81. The van der Waals surface area contributed by atoms with Gasteiger partial charge in [0.2, 0.25) is 6.36 Å². The zero-order chi connectivity index (χ0) is 34.7. The van der Waals surface area contributed by atoms with Gasteiger partial charge in [0.15, 0.2) is 17.9 Å². The minimum absolute atomic E-state index is 0.148. The van der Waals surface area contributed by atoms with Crippen molar-refractivity contribution in [2.45, 2.75) is 121 Å². The molecular weight excluding hydrogens is 647 g/mol. The van der Waals surface area contributed by atoms with Gasteiger partial charge in [-0.05, 0) is 44.4 Å². The van der Waals surface area contributed by atoms with Crippen LogP contribution in [-0.2, 0) is 67.2 Å². The van der Waals surface area contributed by atoms with E-state index in [0.717, 1.165) is 16.7 Å². The van der Waals surface area contributed by atoms with Crippen molar-refractivity contribution in [1.82, 2.24) is 0 Å². The van der Waals surface area contributed by atoms with E-state index >= 15 is 4.39 Å². The SMILES string of the molecule is CC1(C)O[C@H]2[C@@H](O1)[C@@H](COC(F)[C@H]1O[C@H](COCc3ccccc3)[C@@H](OCc3ccccc3)[C@@H]1OCc1ccccc1)O[C@@H]1OC(C)(C)O[C@@H]12. The van der Waals surface area contributed by atoms with Gasteiger partial charge in [-0.15, -0.1) is 0 Å². The van der Waals surface area contributed by atoms with Crippen molar-refractivity contribution in [3.05, 3.63) is 108 Å². The summed E-state index contributed by atoms with van der Waals surface area (Å²) in [5.41, 5.74) is 2.92. The van der Waals surface area contributed by atoms with Gasteiger partial charge in [-0.1, -0.05) is 91.0 Å². The molecule has 4 aliphatic rings. The van der Waals surface area contributed by atoms with E-state index in [9.17, 15) is 0 Å². The lowest BCUT2D eigenvalue weighted by atomic mass is 9.99. The molecule has 0 aromatic heterocycles. The first-order chi connectivity index (χ1) is 24.1. The molecule has 270 valence electrons. The van der Waals surface area contributed by atoms with E-state index in [-0.39, 0.29) is 26.4 Å².